The fraction of sp³-hybridized carbons (Fsp3) is 0.250. The minimum absolute atomic E-state index is 0.0100. The van der Waals surface area contributed by atoms with Crippen molar-refractivity contribution in [1.82, 2.24) is 0 Å². The summed E-state index contributed by atoms with van der Waals surface area (Å²) in [5.74, 6) is 0. The predicted octanol–water partition coefficient (Wildman–Crippen LogP) is 2.88. The maximum Gasteiger partial charge on any atom is 0.263 e. The maximum absolute atomic E-state index is 11.1. The van der Waals surface area contributed by atoms with Crippen LogP contribution in [0.5, 0.6) is 0 Å². The van der Waals surface area contributed by atoms with Crippen LogP contribution in [0.4, 0.5) is 0 Å². The Balaban J connectivity index is 3.62. The number of benzene rings is 1. The normalized spacial score (nSPS) is 11.7. The molecule has 0 N–H and O–H groups in total. The molecule has 0 saturated heterocycles. The van der Waals surface area contributed by atoms with Gasteiger partial charge in [-0.15, -0.1) is 0 Å². The first kappa shape index (κ1) is 10.8. The zero-order chi connectivity index (χ0) is 10.2. The number of halogens is 2. The van der Waals surface area contributed by atoms with E-state index >= 15 is 0 Å². The Hall–Kier alpha value is -0.250. The molecule has 0 saturated carbocycles. The van der Waals surface area contributed by atoms with Crippen molar-refractivity contribution >= 4 is 31.3 Å². The molecule has 0 aromatic heterocycles. The van der Waals surface area contributed by atoms with Crippen molar-refractivity contribution < 1.29 is 8.42 Å². The number of rotatable bonds is 1. The predicted molar refractivity (Wildman–Crippen MR) is 54.0 cm³/mol. The molecule has 5 heteroatoms. The lowest BCUT2D eigenvalue weighted by molar-refractivity contribution is 0.609. The monoisotopic (exact) mass is 238 g/mol. The van der Waals surface area contributed by atoms with Gasteiger partial charge in [0.05, 0.1) is 5.02 Å². The van der Waals surface area contributed by atoms with Crippen LogP contribution >= 0.6 is 22.3 Å². The molecule has 0 unspecified atom stereocenters. The maximum atomic E-state index is 11.1. The molecule has 72 valence electrons. The van der Waals surface area contributed by atoms with Gasteiger partial charge in [-0.1, -0.05) is 17.7 Å². The van der Waals surface area contributed by atoms with Crippen LogP contribution in [0.1, 0.15) is 11.1 Å². The number of aryl methyl sites for hydroxylation is 1. The van der Waals surface area contributed by atoms with E-state index in [1.165, 1.54) is 6.07 Å². The van der Waals surface area contributed by atoms with E-state index in [0.717, 1.165) is 5.56 Å². The summed E-state index contributed by atoms with van der Waals surface area (Å²) in [6.07, 6.45) is 0. The Bertz CT molecular complexity index is 438. The molecule has 0 aliphatic rings. The van der Waals surface area contributed by atoms with Crippen LogP contribution in [0.15, 0.2) is 17.0 Å². The smallest absolute Gasteiger partial charge is 0.207 e. The number of hydrogen-bond acceptors (Lipinski definition) is 2. The molecule has 0 amide bonds. The van der Waals surface area contributed by atoms with Crippen LogP contribution in [0.3, 0.4) is 0 Å². The van der Waals surface area contributed by atoms with Gasteiger partial charge in [0.2, 0.25) is 0 Å². The van der Waals surface area contributed by atoms with Crippen LogP contribution in [0, 0.1) is 13.8 Å². The van der Waals surface area contributed by atoms with Crippen LogP contribution in [-0.4, -0.2) is 8.42 Å². The Morgan fingerprint density at radius 2 is 1.77 bits per heavy atom. The molecular weight excluding hydrogens is 231 g/mol. The van der Waals surface area contributed by atoms with E-state index in [1.54, 1.807) is 19.9 Å². The summed E-state index contributed by atoms with van der Waals surface area (Å²) in [7, 11) is 1.48. The third-order valence-electron chi connectivity index (χ3n) is 1.87. The fourth-order valence-electron chi connectivity index (χ4n) is 1.06. The van der Waals surface area contributed by atoms with Crippen molar-refractivity contribution in [2.75, 3.05) is 0 Å². The van der Waals surface area contributed by atoms with Crippen LogP contribution in [-0.2, 0) is 9.05 Å². The van der Waals surface area contributed by atoms with Gasteiger partial charge in [-0.3, -0.25) is 0 Å². The molecule has 0 aliphatic heterocycles. The van der Waals surface area contributed by atoms with Gasteiger partial charge in [0, 0.05) is 10.7 Å². The van der Waals surface area contributed by atoms with Crippen molar-refractivity contribution in [3.63, 3.8) is 0 Å². The first-order chi connectivity index (χ1) is 5.84. The van der Waals surface area contributed by atoms with E-state index in [-0.39, 0.29) is 9.92 Å². The second kappa shape index (κ2) is 3.48. The highest BCUT2D eigenvalue weighted by molar-refractivity contribution is 8.13. The Morgan fingerprint density at radius 1 is 1.23 bits per heavy atom. The van der Waals surface area contributed by atoms with E-state index in [0.29, 0.717) is 5.56 Å². The zero-order valence-corrected chi connectivity index (χ0v) is 9.46. The molecule has 0 spiro atoms. The SMILES string of the molecule is Cc1ccc(Cl)c(S(=O)(=O)Cl)c1C. The van der Waals surface area contributed by atoms with Gasteiger partial charge in [0.1, 0.15) is 4.90 Å². The average Bonchev–Trinajstić information content (AvgIpc) is 1.95. The Morgan fingerprint density at radius 3 is 2.15 bits per heavy atom. The Labute approximate surface area is 86.9 Å². The highest BCUT2D eigenvalue weighted by atomic mass is 35.7. The van der Waals surface area contributed by atoms with Gasteiger partial charge in [-0.05, 0) is 31.0 Å². The van der Waals surface area contributed by atoms with Crippen LogP contribution < -0.4 is 0 Å². The lowest BCUT2D eigenvalue weighted by Gasteiger charge is -2.06. The summed E-state index contributed by atoms with van der Waals surface area (Å²) in [4.78, 5) is 0.0100. The molecule has 1 aromatic rings. The van der Waals surface area contributed by atoms with Crippen molar-refractivity contribution in [3.8, 4) is 0 Å². The van der Waals surface area contributed by atoms with E-state index < -0.39 is 9.05 Å². The largest absolute Gasteiger partial charge is 0.263 e. The topological polar surface area (TPSA) is 34.1 Å². The first-order valence-electron chi connectivity index (χ1n) is 3.54. The lowest BCUT2D eigenvalue weighted by atomic mass is 10.1. The van der Waals surface area contributed by atoms with Gasteiger partial charge < -0.3 is 0 Å². The van der Waals surface area contributed by atoms with Crippen molar-refractivity contribution in [1.29, 1.82) is 0 Å². The molecule has 2 nitrogen and oxygen atoms in total. The molecule has 13 heavy (non-hydrogen) atoms. The molecule has 1 rings (SSSR count). The van der Waals surface area contributed by atoms with Gasteiger partial charge in [-0.25, -0.2) is 8.42 Å². The standard InChI is InChI=1S/C8H8Cl2O2S/c1-5-3-4-7(9)8(6(5)2)13(10,11)12/h3-4H,1-2H3. The molecule has 0 radical (unpaired) electrons. The van der Waals surface area contributed by atoms with Crippen LogP contribution in [0.2, 0.25) is 5.02 Å². The summed E-state index contributed by atoms with van der Waals surface area (Å²) in [6.45, 7) is 3.48. The highest BCUT2D eigenvalue weighted by Gasteiger charge is 2.18. The van der Waals surface area contributed by atoms with E-state index in [1.807, 2.05) is 0 Å². The van der Waals surface area contributed by atoms with E-state index in [4.69, 9.17) is 22.3 Å². The molecule has 0 bridgehead atoms. The molecule has 1 aromatic carbocycles. The zero-order valence-electron chi connectivity index (χ0n) is 7.14. The third-order valence-corrected chi connectivity index (χ3v) is 3.78. The first-order valence-corrected chi connectivity index (χ1v) is 6.23. The van der Waals surface area contributed by atoms with Gasteiger partial charge in [-0.2, -0.15) is 0 Å². The van der Waals surface area contributed by atoms with Crippen molar-refractivity contribution in [3.05, 3.63) is 28.3 Å². The molecule has 0 fully saturated rings. The van der Waals surface area contributed by atoms with Gasteiger partial charge >= 0.3 is 0 Å². The Kier molecular flexibility index (Phi) is 2.90. The van der Waals surface area contributed by atoms with Crippen LogP contribution in [0.25, 0.3) is 0 Å². The number of hydrogen-bond donors (Lipinski definition) is 0. The van der Waals surface area contributed by atoms with E-state index in [9.17, 15) is 8.42 Å². The minimum atomic E-state index is -3.75. The lowest BCUT2D eigenvalue weighted by Crippen LogP contribution is -1.97. The van der Waals surface area contributed by atoms with Crippen molar-refractivity contribution in [2.24, 2.45) is 0 Å². The minimum Gasteiger partial charge on any atom is -0.207 e. The summed E-state index contributed by atoms with van der Waals surface area (Å²) >= 11 is 5.72. The molecule has 0 atom stereocenters. The molecular formula is C8H8Cl2O2S. The summed E-state index contributed by atoms with van der Waals surface area (Å²) in [6, 6.07) is 3.28. The average molecular weight is 239 g/mol. The van der Waals surface area contributed by atoms with Gasteiger partial charge in [0.15, 0.2) is 0 Å². The molecule has 0 aliphatic carbocycles. The summed E-state index contributed by atoms with van der Waals surface area (Å²) < 4.78 is 22.2. The highest BCUT2D eigenvalue weighted by Crippen LogP contribution is 2.29. The summed E-state index contributed by atoms with van der Waals surface area (Å²) in [5, 5.41) is 0.165. The van der Waals surface area contributed by atoms with Gasteiger partial charge in [0.25, 0.3) is 9.05 Å². The summed E-state index contributed by atoms with van der Waals surface area (Å²) in [5.41, 5.74) is 1.45. The van der Waals surface area contributed by atoms with Crippen molar-refractivity contribution in [2.45, 2.75) is 18.7 Å². The quantitative estimate of drug-likeness (QED) is 0.706. The molecule has 0 heterocycles. The second-order valence-electron chi connectivity index (χ2n) is 2.76. The van der Waals surface area contributed by atoms with E-state index in [2.05, 4.69) is 0 Å². The second-order valence-corrected chi connectivity index (χ2v) is 5.67. The third kappa shape index (κ3) is 2.16. The fourth-order valence-corrected chi connectivity index (χ4v) is 3.11.